The standard InChI is InChI=1S/C27H28F2N2O3S/c1-27(2,3)31(26(33)18-6-4-7-19(28)14-18)16-25(32)30-12-10-24-22(11-13-35-24)23(30)17-34-21-9-5-8-20(29)15-21/h4-9,11,13-15,23H,10,12,16-17H2,1-3H3. The van der Waals surface area contributed by atoms with E-state index in [9.17, 15) is 18.4 Å². The minimum Gasteiger partial charge on any atom is -0.491 e. The average Bonchev–Trinajstić information content (AvgIpc) is 3.29. The van der Waals surface area contributed by atoms with Gasteiger partial charge < -0.3 is 14.5 Å². The van der Waals surface area contributed by atoms with Crippen LogP contribution in [0.1, 0.15) is 47.6 Å². The van der Waals surface area contributed by atoms with Crippen LogP contribution in [-0.4, -0.2) is 46.8 Å². The maximum Gasteiger partial charge on any atom is 0.254 e. The summed E-state index contributed by atoms with van der Waals surface area (Å²) < 4.78 is 33.3. The highest BCUT2D eigenvalue weighted by Gasteiger charge is 2.36. The zero-order chi connectivity index (χ0) is 25.2. The first-order valence-corrected chi connectivity index (χ1v) is 12.3. The molecule has 1 atom stereocenters. The van der Waals surface area contributed by atoms with E-state index in [0.29, 0.717) is 18.7 Å². The molecule has 0 N–H and O–H groups in total. The van der Waals surface area contributed by atoms with Crippen LogP contribution in [0, 0.1) is 11.6 Å². The highest BCUT2D eigenvalue weighted by molar-refractivity contribution is 7.10. The van der Waals surface area contributed by atoms with Crippen molar-refractivity contribution in [1.29, 1.82) is 0 Å². The number of halogens is 2. The van der Waals surface area contributed by atoms with Crippen LogP contribution in [0.15, 0.2) is 60.0 Å². The van der Waals surface area contributed by atoms with Gasteiger partial charge in [-0.25, -0.2) is 8.78 Å². The molecule has 0 bridgehead atoms. The summed E-state index contributed by atoms with van der Waals surface area (Å²) in [7, 11) is 0. The predicted octanol–water partition coefficient (Wildman–Crippen LogP) is 5.47. The van der Waals surface area contributed by atoms with Gasteiger partial charge in [0, 0.05) is 28.6 Å². The second-order valence-corrected chi connectivity index (χ2v) is 10.5. The summed E-state index contributed by atoms with van der Waals surface area (Å²) in [6, 6.07) is 13.0. The van der Waals surface area contributed by atoms with Crippen LogP contribution in [0.25, 0.3) is 0 Å². The minimum absolute atomic E-state index is 0.158. The SMILES string of the molecule is CC(C)(C)N(CC(=O)N1CCc2sccc2C1COc1cccc(F)c1)C(=O)c1cccc(F)c1. The van der Waals surface area contributed by atoms with Gasteiger partial charge in [0.15, 0.2) is 0 Å². The number of carbonyl (C=O) groups excluding carboxylic acids is 2. The number of amides is 2. The fourth-order valence-corrected chi connectivity index (χ4v) is 5.15. The molecule has 0 radical (unpaired) electrons. The molecule has 2 heterocycles. The van der Waals surface area contributed by atoms with Gasteiger partial charge in [-0.15, -0.1) is 11.3 Å². The Bertz CT molecular complexity index is 1220. The number of rotatable bonds is 6. The van der Waals surface area contributed by atoms with E-state index in [4.69, 9.17) is 4.74 Å². The van der Waals surface area contributed by atoms with Gasteiger partial charge in [-0.3, -0.25) is 9.59 Å². The lowest BCUT2D eigenvalue weighted by Crippen LogP contribution is -2.53. The summed E-state index contributed by atoms with van der Waals surface area (Å²) >= 11 is 1.64. The zero-order valence-electron chi connectivity index (χ0n) is 20.0. The lowest BCUT2D eigenvalue weighted by Gasteiger charge is -2.40. The largest absolute Gasteiger partial charge is 0.491 e. The highest BCUT2D eigenvalue weighted by atomic mass is 32.1. The molecule has 0 aliphatic carbocycles. The Morgan fingerprint density at radius 3 is 2.49 bits per heavy atom. The minimum atomic E-state index is -0.671. The molecule has 0 saturated carbocycles. The summed E-state index contributed by atoms with van der Waals surface area (Å²) in [4.78, 5) is 31.3. The predicted molar refractivity (Wildman–Crippen MR) is 132 cm³/mol. The molecular weight excluding hydrogens is 470 g/mol. The number of ether oxygens (including phenoxy) is 1. The Balaban J connectivity index is 1.57. The van der Waals surface area contributed by atoms with E-state index < -0.39 is 23.1 Å². The molecule has 8 heteroatoms. The van der Waals surface area contributed by atoms with Crippen LogP contribution >= 0.6 is 11.3 Å². The van der Waals surface area contributed by atoms with Crippen LogP contribution in [0.5, 0.6) is 5.75 Å². The summed E-state index contributed by atoms with van der Waals surface area (Å²) in [6.07, 6.45) is 0.711. The second-order valence-electron chi connectivity index (χ2n) is 9.49. The second kappa shape index (κ2) is 10.2. The van der Waals surface area contributed by atoms with Crippen molar-refractivity contribution in [2.75, 3.05) is 19.7 Å². The van der Waals surface area contributed by atoms with Crippen molar-refractivity contribution in [3.8, 4) is 5.75 Å². The van der Waals surface area contributed by atoms with E-state index in [2.05, 4.69) is 0 Å². The van der Waals surface area contributed by atoms with Crippen LogP contribution in [0.4, 0.5) is 8.78 Å². The zero-order valence-corrected chi connectivity index (χ0v) is 20.8. The van der Waals surface area contributed by atoms with Crippen molar-refractivity contribution in [1.82, 2.24) is 9.80 Å². The third-order valence-corrected chi connectivity index (χ3v) is 7.04. The molecule has 1 aliphatic heterocycles. The molecule has 35 heavy (non-hydrogen) atoms. The third-order valence-electron chi connectivity index (χ3n) is 6.04. The fourth-order valence-electron chi connectivity index (χ4n) is 4.22. The lowest BCUT2D eigenvalue weighted by atomic mass is 9.99. The van der Waals surface area contributed by atoms with Gasteiger partial charge in [0.25, 0.3) is 5.91 Å². The number of thiophene rings is 1. The summed E-state index contributed by atoms with van der Waals surface area (Å²) in [5.41, 5.74) is 0.526. The summed E-state index contributed by atoms with van der Waals surface area (Å²) in [5, 5.41) is 1.99. The lowest BCUT2D eigenvalue weighted by molar-refractivity contribution is -0.136. The van der Waals surface area contributed by atoms with Gasteiger partial charge in [-0.1, -0.05) is 12.1 Å². The van der Waals surface area contributed by atoms with E-state index >= 15 is 0 Å². The monoisotopic (exact) mass is 498 g/mol. The highest BCUT2D eigenvalue weighted by Crippen LogP contribution is 2.34. The molecule has 0 spiro atoms. The van der Waals surface area contributed by atoms with E-state index in [1.54, 1.807) is 34.4 Å². The number of benzene rings is 2. The fraction of sp³-hybridized carbons (Fsp3) is 0.333. The molecule has 1 unspecified atom stereocenters. The van der Waals surface area contributed by atoms with Gasteiger partial charge in [0.2, 0.25) is 5.91 Å². The third kappa shape index (κ3) is 5.70. The maximum absolute atomic E-state index is 13.8. The molecule has 2 amide bonds. The average molecular weight is 499 g/mol. The number of fused-ring (bicyclic) bond motifs is 1. The Hall–Kier alpha value is -3.26. The Labute approximate surface area is 207 Å². The summed E-state index contributed by atoms with van der Waals surface area (Å²) in [6.45, 7) is 6.01. The van der Waals surface area contributed by atoms with Gasteiger partial charge in [-0.05, 0) is 74.5 Å². The Kier molecular flexibility index (Phi) is 7.21. The van der Waals surface area contributed by atoms with Crippen LogP contribution < -0.4 is 4.74 Å². The van der Waals surface area contributed by atoms with Crippen molar-refractivity contribution in [3.05, 3.63) is 87.6 Å². The topological polar surface area (TPSA) is 49.9 Å². The molecule has 0 fully saturated rings. The molecule has 5 nitrogen and oxygen atoms in total. The first-order valence-electron chi connectivity index (χ1n) is 11.4. The maximum atomic E-state index is 13.8. The number of nitrogens with zero attached hydrogens (tertiary/aromatic N) is 2. The van der Waals surface area contributed by atoms with Crippen molar-refractivity contribution in [2.45, 2.75) is 38.8 Å². The van der Waals surface area contributed by atoms with Gasteiger partial charge in [0.1, 0.15) is 30.5 Å². The van der Waals surface area contributed by atoms with Crippen molar-refractivity contribution < 1.29 is 23.1 Å². The van der Waals surface area contributed by atoms with Crippen molar-refractivity contribution in [2.24, 2.45) is 0 Å². The smallest absolute Gasteiger partial charge is 0.254 e. The van der Waals surface area contributed by atoms with Crippen LogP contribution in [0.3, 0.4) is 0 Å². The molecule has 4 rings (SSSR count). The van der Waals surface area contributed by atoms with Crippen molar-refractivity contribution >= 4 is 23.2 Å². The molecule has 1 aromatic heterocycles. The van der Waals surface area contributed by atoms with E-state index in [1.807, 2.05) is 32.2 Å². The normalized spacial score (nSPS) is 15.5. The molecule has 184 valence electrons. The van der Waals surface area contributed by atoms with Crippen LogP contribution in [-0.2, 0) is 11.2 Å². The van der Waals surface area contributed by atoms with E-state index in [-0.39, 0.29) is 30.7 Å². The number of hydrogen-bond donors (Lipinski definition) is 0. The molecular formula is C27H28F2N2O3S. The van der Waals surface area contributed by atoms with Crippen LogP contribution in [0.2, 0.25) is 0 Å². The quantitative estimate of drug-likeness (QED) is 0.453. The van der Waals surface area contributed by atoms with E-state index in [1.165, 1.54) is 40.1 Å². The first-order chi connectivity index (χ1) is 16.6. The molecule has 0 saturated heterocycles. The van der Waals surface area contributed by atoms with Gasteiger partial charge >= 0.3 is 0 Å². The Morgan fingerprint density at radius 2 is 1.80 bits per heavy atom. The molecule has 3 aromatic rings. The number of carbonyl (C=O) groups is 2. The molecule has 2 aromatic carbocycles. The first kappa shape index (κ1) is 24.9. The van der Waals surface area contributed by atoms with Gasteiger partial charge in [-0.2, -0.15) is 0 Å². The summed E-state index contributed by atoms with van der Waals surface area (Å²) in [5.74, 6) is -1.16. The van der Waals surface area contributed by atoms with Crippen molar-refractivity contribution in [3.63, 3.8) is 0 Å². The molecule has 1 aliphatic rings. The number of hydrogen-bond acceptors (Lipinski definition) is 4. The Morgan fingerprint density at radius 1 is 1.09 bits per heavy atom. The van der Waals surface area contributed by atoms with Gasteiger partial charge in [0.05, 0.1) is 6.04 Å². The van der Waals surface area contributed by atoms with E-state index in [0.717, 1.165) is 5.56 Å².